The molecule has 0 radical (unpaired) electrons. The first-order valence-electron chi connectivity index (χ1n) is 19.8. The number of aryl methyl sites for hydroxylation is 1. The number of ether oxygens (including phenoxy) is 3. The number of alkyl halides is 3. The molecule has 4 aromatic rings. The molecule has 58 heavy (non-hydrogen) atoms. The molecule has 2 bridgehead atoms. The number of hydrogen-bond acceptors (Lipinski definition) is 7. The third-order valence-corrected chi connectivity index (χ3v) is 18.0. The molecule has 2 aromatic carbocycles. The lowest BCUT2D eigenvalue weighted by molar-refractivity contribution is -0.137. The number of halogens is 5. The number of piperazine rings is 1. The lowest BCUT2D eigenvalue weighted by Gasteiger charge is -2.42. The van der Waals surface area contributed by atoms with Gasteiger partial charge in [-0.3, -0.25) is 9.88 Å². The Balaban J connectivity index is 1.60. The summed E-state index contributed by atoms with van der Waals surface area (Å²) in [5.74, 6) is 1.66. The van der Waals surface area contributed by atoms with E-state index in [-0.39, 0.29) is 82.1 Å². The first kappa shape index (κ1) is 43.1. The van der Waals surface area contributed by atoms with Gasteiger partial charge in [-0.2, -0.15) is 13.2 Å². The van der Waals surface area contributed by atoms with E-state index in [1.807, 2.05) is 4.90 Å². The van der Waals surface area contributed by atoms with Gasteiger partial charge < -0.3 is 19.1 Å². The molecule has 2 aromatic heterocycles. The van der Waals surface area contributed by atoms with E-state index < -0.39 is 59.9 Å². The van der Waals surface area contributed by atoms with Gasteiger partial charge in [0.1, 0.15) is 36.8 Å². The molecule has 1 amide bonds. The molecule has 4 heterocycles. The summed E-state index contributed by atoms with van der Waals surface area (Å²) < 4.78 is 95.4. The minimum Gasteiger partial charge on any atom is -0.468 e. The van der Waals surface area contributed by atoms with Crippen molar-refractivity contribution in [3.63, 3.8) is 0 Å². The number of fused-ring (bicyclic) bond motifs is 4. The fraction of sp³-hybridized carbons (Fsp3) is 0.523. The molecule has 0 aliphatic carbocycles. The Morgan fingerprint density at radius 1 is 0.966 bits per heavy atom. The zero-order chi connectivity index (χ0) is 42.6. The van der Waals surface area contributed by atoms with Gasteiger partial charge >= 0.3 is 12.3 Å². The van der Waals surface area contributed by atoms with Crippen molar-refractivity contribution in [3.8, 4) is 28.5 Å². The Morgan fingerprint density at radius 2 is 1.59 bits per heavy atom. The molecule has 0 saturated carbocycles. The summed E-state index contributed by atoms with van der Waals surface area (Å²) in [5, 5.41) is -0.194. The van der Waals surface area contributed by atoms with Gasteiger partial charge in [-0.1, -0.05) is 53.5 Å². The molecule has 8 nitrogen and oxygen atoms in total. The van der Waals surface area contributed by atoms with Crippen LogP contribution in [0.5, 0.6) is 5.75 Å². The molecule has 2 fully saturated rings. The van der Waals surface area contributed by atoms with Crippen LogP contribution in [0.25, 0.3) is 32.8 Å². The first-order valence-corrected chi connectivity index (χ1v) is 22.1. The Bertz CT molecular complexity index is 2260. The minimum atomic E-state index is -4.99. The second kappa shape index (κ2) is 15.9. The van der Waals surface area contributed by atoms with Crippen LogP contribution >= 0.6 is 0 Å². The number of pyridine rings is 2. The van der Waals surface area contributed by atoms with E-state index in [0.717, 1.165) is 0 Å². The van der Waals surface area contributed by atoms with Gasteiger partial charge in [0.05, 0.1) is 28.9 Å². The number of amides is 1. The first-order chi connectivity index (χ1) is 27.1. The van der Waals surface area contributed by atoms with Crippen molar-refractivity contribution in [2.24, 2.45) is 0 Å². The fourth-order valence-electron chi connectivity index (χ4n) is 9.36. The third kappa shape index (κ3) is 7.84. The van der Waals surface area contributed by atoms with E-state index in [1.54, 1.807) is 31.7 Å². The van der Waals surface area contributed by atoms with E-state index in [1.165, 1.54) is 38.4 Å². The normalized spacial score (nSPS) is 17.5. The average Bonchev–Trinajstić information content (AvgIpc) is 3.39. The number of aromatic nitrogens is 2. The molecule has 2 atom stereocenters. The molecule has 2 unspecified atom stereocenters. The van der Waals surface area contributed by atoms with Crippen molar-refractivity contribution in [1.29, 1.82) is 0 Å². The SMILES string of the molecule is COCOc1cc(-c2ncc3c(N4CC5CCC(C4)N5C(=O)OC(C)(C)C)nc(C)c(C(F)(F)F)c3c2F)c2c(C#C[Si](C(C)C)(C(C)C)C(C)C)c(F)ccc2c1. The summed E-state index contributed by atoms with van der Waals surface area (Å²) in [7, 11) is -0.972. The van der Waals surface area contributed by atoms with Gasteiger partial charge in [0.15, 0.2) is 12.6 Å². The van der Waals surface area contributed by atoms with Crippen molar-refractivity contribution in [2.45, 2.75) is 123 Å². The van der Waals surface area contributed by atoms with Crippen molar-refractivity contribution in [3.05, 3.63) is 58.9 Å². The van der Waals surface area contributed by atoms with Crippen LogP contribution in [0.3, 0.4) is 0 Å². The summed E-state index contributed by atoms with van der Waals surface area (Å²) >= 11 is 0. The van der Waals surface area contributed by atoms with Crippen LogP contribution in [-0.2, 0) is 15.7 Å². The average molecular weight is 825 g/mol. The maximum Gasteiger partial charge on any atom is 0.418 e. The lowest BCUT2D eigenvalue weighted by atomic mass is 9.94. The number of methoxy groups -OCH3 is 1. The van der Waals surface area contributed by atoms with Crippen LogP contribution in [0.4, 0.5) is 32.6 Å². The molecule has 6 rings (SSSR count). The third-order valence-electron chi connectivity index (χ3n) is 11.7. The predicted molar refractivity (Wildman–Crippen MR) is 220 cm³/mol. The van der Waals surface area contributed by atoms with Crippen molar-refractivity contribution in [2.75, 3.05) is 31.9 Å². The maximum atomic E-state index is 17.5. The zero-order valence-electron chi connectivity index (χ0n) is 35.1. The number of carbonyl (C=O) groups is 1. The number of carbonyl (C=O) groups excluding carboxylic acids is 1. The van der Waals surface area contributed by atoms with Crippen LogP contribution in [-0.4, -0.2) is 73.7 Å². The van der Waals surface area contributed by atoms with Crippen LogP contribution < -0.4 is 9.64 Å². The van der Waals surface area contributed by atoms with E-state index in [2.05, 4.69) is 63.0 Å². The van der Waals surface area contributed by atoms with Crippen LogP contribution in [0.15, 0.2) is 30.5 Å². The second-order valence-electron chi connectivity index (χ2n) is 17.5. The monoisotopic (exact) mass is 824 g/mol. The number of hydrogen-bond donors (Lipinski definition) is 0. The Morgan fingerprint density at radius 3 is 2.14 bits per heavy atom. The largest absolute Gasteiger partial charge is 0.468 e. The molecular formula is C44H53F5N4O4Si. The van der Waals surface area contributed by atoms with Crippen molar-refractivity contribution in [1.82, 2.24) is 14.9 Å². The Kier molecular flexibility index (Phi) is 11.8. The fourth-order valence-corrected chi connectivity index (χ4v) is 14.6. The highest BCUT2D eigenvalue weighted by Crippen LogP contribution is 2.46. The van der Waals surface area contributed by atoms with E-state index >= 15 is 22.0 Å². The summed E-state index contributed by atoms with van der Waals surface area (Å²) in [5.41, 5.74) is 1.49. The second-order valence-corrected chi connectivity index (χ2v) is 23.1. The smallest absolute Gasteiger partial charge is 0.418 e. The van der Waals surface area contributed by atoms with Crippen molar-refractivity contribution >= 4 is 41.5 Å². The van der Waals surface area contributed by atoms with Crippen molar-refractivity contribution < 1.29 is 41.0 Å². The zero-order valence-corrected chi connectivity index (χ0v) is 36.1. The van der Waals surface area contributed by atoms with E-state index in [0.29, 0.717) is 18.2 Å². The summed E-state index contributed by atoms with van der Waals surface area (Å²) in [6, 6.07) is 5.29. The van der Waals surface area contributed by atoms with E-state index in [9.17, 15) is 4.79 Å². The summed E-state index contributed by atoms with van der Waals surface area (Å²) in [6.07, 6.45) is -2.90. The molecular weight excluding hydrogens is 772 g/mol. The van der Waals surface area contributed by atoms with Gasteiger partial charge in [0.2, 0.25) is 0 Å². The van der Waals surface area contributed by atoms with Crippen LogP contribution in [0.2, 0.25) is 16.6 Å². The van der Waals surface area contributed by atoms with Crippen LogP contribution in [0, 0.1) is 30.0 Å². The van der Waals surface area contributed by atoms with Gasteiger partial charge in [0.25, 0.3) is 0 Å². The highest BCUT2D eigenvalue weighted by molar-refractivity contribution is 6.90. The number of anilines is 1. The lowest BCUT2D eigenvalue weighted by Crippen LogP contribution is -2.57. The topological polar surface area (TPSA) is 77.0 Å². The minimum absolute atomic E-state index is 0.00638. The Hall–Kier alpha value is -4.48. The molecule has 0 N–H and O–H groups in total. The summed E-state index contributed by atoms with van der Waals surface area (Å²) in [4.78, 5) is 25.7. The molecule has 2 saturated heterocycles. The van der Waals surface area contributed by atoms with E-state index in [4.69, 9.17) is 14.2 Å². The summed E-state index contributed by atoms with van der Waals surface area (Å²) in [6.45, 7) is 19.7. The molecule has 2 aliphatic rings. The number of nitrogens with zero attached hydrogens (tertiary/aromatic N) is 4. The van der Waals surface area contributed by atoms with Crippen LogP contribution in [0.1, 0.15) is 92.0 Å². The Labute approximate surface area is 338 Å². The quantitative estimate of drug-likeness (QED) is 0.0758. The van der Waals surface area contributed by atoms with Gasteiger partial charge in [-0.25, -0.2) is 18.6 Å². The number of rotatable bonds is 8. The maximum absolute atomic E-state index is 17.5. The molecule has 0 spiro atoms. The predicted octanol–water partition coefficient (Wildman–Crippen LogP) is 11.2. The van der Waals surface area contributed by atoms with Gasteiger partial charge in [-0.15, -0.1) is 5.54 Å². The standard InChI is InChI=1S/C44H53F5N4O4Si/c1-24(2)58(25(3)4,26(5)6)17-16-32-35(45)15-12-28-18-31(56-23-55-11)19-33(36(28)32)40-39(46)37-34(20-50-40)41(51-27(7)38(37)44(47,48)49)52-21-29-13-14-30(22-52)53(29)42(54)57-43(8,9)10/h12,15,18-20,24-26,29-30H,13-14,21-23H2,1-11H3. The highest BCUT2D eigenvalue weighted by atomic mass is 28.3. The number of benzene rings is 2. The molecule has 2 aliphatic heterocycles. The molecule has 14 heteroatoms. The molecule has 312 valence electrons. The van der Waals surface area contributed by atoms with Gasteiger partial charge in [0, 0.05) is 48.1 Å². The highest BCUT2D eigenvalue weighted by Gasteiger charge is 2.46. The van der Waals surface area contributed by atoms with Gasteiger partial charge in [-0.05, 0) is 80.7 Å².